The number of hydrogen-bond acceptors (Lipinski definition) is 1. The molecule has 0 aromatic carbocycles. The Morgan fingerprint density at radius 1 is 1.17 bits per heavy atom. The van der Waals surface area contributed by atoms with Crippen molar-refractivity contribution in [2.24, 2.45) is 5.41 Å². The van der Waals surface area contributed by atoms with Crippen LogP contribution in [0.1, 0.15) is 27.7 Å². The van der Waals surface area contributed by atoms with Crippen molar-refractivity contribution >= 4 is 8.80 Å². The summed E-state index contributed by atoms with van der Waals surface area (Å²) in [4.78, 5) is 0. The summed E-state index contributed by atoms with van der Waals surface area (Å²) in [6.07, 6.45) is 0. The number of rotatable bonds is 1. The van der Waals surface area contributed by atoms with Gasteiger partial charge in [0.2, 0.25) is 0 Å². The molecule has 1 atom stereocenters. The van der Waals surface area contributed by atoms with Gasteiger partial charge in [0.05, 0.1) is 8.80 Å². The molecular weight excluding hydrogens is 164 g/mol. The maximum absolute atomic E-state index is 10.3. The Bertz CT molecular complexity index is 204. The van der Waals surface area contributed by atoms with Crippen LogP contribution < -0.4 is 0 Å². The average molecular weight is 184 g/mol. The van der Waals surface area contributed by atoms with Crippen LogP contribution in [-0.4, -0.2) is 19.1 Å². The summed E-state index contributed by atoms with van der Waals surface area (Å²) in [5, 5.41) is 9.58. The molecule has 1 N–H and O–H groups in total. The summed E-state index contributed by atoms with van der Waals surface area (Å²) in [7, 11) is -1.16. The topological polar surface area (TPSA) is 20.2 Å². The van der Waals surface area contributed by atoms with Crippen molar-refractivity contribution in [1.29, 1.82) is 0 Å². The van der Waals surface area contributed by atoms with E-state index in [1.807, 2.05) is 20.8 Å². The molecule has 0 spiro atoms. The fourth-order valence-electron chi connectivity index (χ4n) is 1.39. The summed E-state index contributed by atoms with van der Waals surface area (Å²) in [5.41, 5.74) is -0.129. The van der Waals surface area contributed by atoms with E-state index in [4.69, 9.17) is 0 Å². The van der Waals surface area contributed by atoms with E-state index in [1.165, 1.54) is 0 Å². The zero-order chi connectivity index (χ0) is 9.99. The molecule has 0 aliphatic heterocycles. The van der Waals surface area contributed by atoms with E-state index in [2.05, 4.69) is 24.9 Å². The van der Waals surface area contributed by atoms with E-state index in [1.54, 1.807) is 6.92 Å². The second-order valence-corrected chi connectivity index (χ2v) is 7.69. The molecule has 12 heavy (non-hydrogen) atoms. The second kappa shape index (κ2) is 3.63. The molecule has 0 aliphatic rings. The molecule has 0 bridgehead atoms. The molecule has 0 saturated carbocycles. The predicted molar refractivity (Wildman–Crippen MR) is 56.7 cm³/mol. The lowest BCUT2D eigenvalue weighted by atomic mass is 9.88. The monoisotopic (exact) mass is 184 g/mol. The minimum Gasteiger partial charge on any atom is -0.381 e. The summed E-state index contributed by atoms with van der Waals surface area (Å²) in [5.74, 6) is 5.80. The Morgan fingerprint density at radius 3 is 1.67 bits per heavy atom. The number of aliphatic hydroxyl groups is 1. The van der Waals surface area contributed by atoms with Gasteiger partial charge in [0, 0.05) is 0 Å². The molecule has 0 aromatic rings. The fourth-order valence-corrected chi connectivity index (χ4v) is 3.55. The molecule has 0 aliphatic carbocycles. The fraction of sp³-hybridized carbons (Fsp3) is 0.800. The van der Waals surface area contributed by atoms with E-state index in [0.717, 1.165) is 0 Å². The SMILES string of the molecule is CC#CC(O)([SiH](C)C)C(C)(C)C. The summed E-state index contributed by atoms with van der Waals surface area (Å²) in [6.45, 7) is 12.2. The zero-order valence-corrected chi connectivity index (χ0v) is 10.2. The standard InChI is InChI=1S/C10H20OSi/c1-7-8-10(11,12(5)6)9(2,3)4/h11-12H,1-6H3. The molecule has 70 valence electrons. The van der Waals surface area contributed by atoms with Gasteiger partial charge in [-0.15, -0.1) is 5.92 Å². The van der Waals surface area contributed by atoms with Crippen LogP contribution in [0.15, 0.2) is 0 Å². The molecule has 1 nitrogen and oxygen atoms in total. The highest BCUT2D eigenvalue weighted by Gasteiger charge is 2.41. The van der Waals surface area contributed by atoms with Crippen molar-refractivity contribution in [2.45, 2.75) is 46.0 Å². The lowest BCUT2D eigenvalue weighted by Gasteiger charge is -2.39. The molecule has 0 aromatic heterocycles. The number of hydrogen-bond donors (Lipinski definition) is 1. The van der Waals surface area contributed by atoms with Gasteiger partial charge < -0.3 is 5.11 Å². The summed E-state index contributed by atoms with van der Waals surface area (Å²) >= 11 is 0. The van der Waals surface area contributed by atoms with Crippen molar-refractivity contribution in [3.05, 3.63) is 0 Å². The van der Waals surface area contributed by atoms with Crippen LogP contribution in [0.25, 0.3) is 0 Å². The third-order valence-electron chi connectivity index (χ3n) is 2.29. The van der Waals surface area contributed by atoms with Crippen LogP contribution >= 0.6 is 0 Å². The van der Waals surface area contributed by atoms with Crippen molar-refractivity contribution in [1.82, 2.24) is 0 Å². The van der Waals surface area contributed by atoms with E-state index < -0.39 is 14.0 Å². The lowest BCUT2D eigenvalue weighted by molar-refractivity contribution is 0.0653. The third kappa shape index (κ3) is 2.12. The van der Waals surface area contributed by atoms with Crippen molar-refractivity contribution in [2.75, 3.05) is 0 Å². The van der Waals surface area contributed by atoms with Crippen molar-refractivity contribution < 1.29 is 5.11 Å². The highest BCUT2D eigenvalue weighted by Crippen LogP contribution is 2.31. The van der Waals surface area contributed by atoms with Crippen LogP contribution in [0.2, 0.25) is 13.1 Å². The van der Waals surface area contributed by atoms with Crippen LogP contribution in [0, 0.1) is 17.3 Å². The van der Waals surface area contributed by atoms with Gasteiger partial charge in [-0.1, -0.05) is 39.8 Å². The van der Waals surface area contributed by atoms with Crippen LogP contribution in [-0.2, 0) is 0 Å². The Labute approximate surface area is 77.8 Å². The largest absolute Gasteiger partial charge is 0.381 e. The van der Waals surface area contributed by atoms with Crippen LogP contribution in [0.3, 0.4) is 0 Å². The van der Waals surface area contributed by atoms with E-state index in [-0.39, 0.29) is 5.41 Å². The van der Waals surface area contributed by atoms with Gasteiger partial charge in [-0.25, -0.2) is 0 Å². The normalized spacial score (nSPS) is 16.7. The van der Waals surface area contributed by atoms with Crippen molar-refractivity contribution in [3.8, 4) is 11.8 Å². The van der Waals surface area contributed by atoms with Gasteiger partial charge in [0.25, 0.3) is 0 Å². The molecule has 0 radical (unpaired) electrons. The second-order valence-electron chi connectivity index (χ2n) is 4.55. The molecule has 2 heteroatoms. The quantitative estimate of drug-likeness (QED) is 0.487. The van der Waals surface area contributed by atoms with Crippen LogP contribution in [0.5, 0.6) is 0 Å². The smallest absolute Gasteiger partial charge is 0.113 e. The first-order valence-electron chi connectivity index (χ1n) is 4.42. The molecule has 0 rings (SSSR count). The molecule has 1 unspecified atom stereocenters. The maximum atomic E-state index is 10.3. The lowest BCUT2D eigenvalue weighted by Crippen LogP contribution is -2.51. The molecule has 0 fully saturated rings. The Balaban J connectivity index is 4.97. The zero-order valence-electron chi connectivity index (χ0n) is 9.02. The summed E-state index contributed by atoms with van der Waals surface area (Å²) in [6, 6.07) is 0. The van der Waals surface area contributed by atoms with Gasteiger partial charge in [0.15, 0.2) is 0 Å². The van der Waals surface area contributed by atoms with Gasteiger partial charge in [-0.3, -0.25) is 0 Å². The third-order valence-corrected chi connectivity index (χ3v) is 4.98. The highest BCUT2D eigenvalue weighted by atomic mass is 28.3. The Hall–Kier alpha value is -0.263. The Morgan fingerprint density at radius 2 is 1.58 bits per heavy atom. The first-order chi connectivity index (χ1) is 5.25. The minimum atomic E-state index is -1.16. The molecule has 0 amide bonds. The first kappa shape index (κ1) is 11.7. The molecule has 0 saturated heterocycles. The van der Waals surface area contributed by atoms with E-state index >= 15 is 0 Å². The van der Waals surface area contributed by atoms with E-state index in [0.29, 0.717) is 0 Å². The van der Waals surface area contributed by atoms with Crippen LogP contribution in [0.4, 0.5) is 0 Å². The van der Waals surface area contributed by atoms with Gasteiger partial charge in [-0.2, -0.15) is 0 Å². The van der Waals surface area contributed by atoms with Gasteiger partial charge in [0.1, 0.15) is 5.22 Å². The minimum absolute atomic E-state index is 0.129. The molecule has 0 heterocycles. The van der Waals surface area contributed by atoms with E-state index in [9.17, 15) is 5.11 Å². The first-order valence-corrected chi connectivity index (χ1v) is 7.30. The maximum Gasteiger partial charge on any atom is 0.113 e. The van der Waals surface area contributed by atoms with Gasteiger partial charge >= 0.3 is 0 Å². The van der Waals surface area contributed by atoms with Crippen molar-refractivity contribution in [3.63, 3.8) is 0 Å². The highest BCUT2D eigenvalue weighted by molar-refractivity contribution is 6.60. The van der Waals surface area contributed by atoms with Gasteiger partial charge in [-0.05, 0) is 12.3 Å². The molecular formula is C10H20OSi. The predicted octanol–water partition coefficient (Wildman–Crippen LogP) is 1.81. The Kier molecular flexibility index (Phi) is 3.55. The summed E-state index contributed by atoms with van der Waals surface area (Å²) < 4.78 is 0. The average Bonchev–Trinajstić information content (AvgIpc) is 1.85.